The van der Waals surface area contributed by atoms with Crippen molar-refractivity contribution >= 4 is 11.4 Å². The lowest BCUT2D eigenvalue weighted by Crippen LogP contribution is -2.19. The summed E-state index contributed by atoms with van der Waals surface area (Å²) in [6, 6.07) is 18.2. The molecule has 2 heteroatoms. The van der Waals surface area contributed by atoms with Crippen LogP contribution in [-0.2, 0) is 0 Å². The fourth-order valence-electron chi connectivity index (χ4n) is 1.50. The third kappa shape index (κ3) is 3.11. The number of hydrogen-bond acceptors (Lipinski definition) is 2. The first-order valence-electron chi connectivity index (χ1n) is 5.59. The van der Waals surface area contributed by atoms with Gasteiger partial charge in [-0.3, -0.25) is 0 Å². The maximum Gasteiger partial charge on any atom is 0.0540 e. The normalized spacial score (nSPS) is 9.71. The molecule has 2 aromatic carbocycles. The minimum atomic E-state index is 0.855. The minimum Gasteiger partial charge on any atom is -0.301 e. The molecule has 0 radical (unpaired) electrons. The number of aryl methyl sites for hydroxylation is 1. The van der Waals surface area contributed by atoms with Crippen molar-refractivity contribution in [2.75, 3.05) is 5.43 Å². The Bertz CT molecular complexity index is 486. The van der Waals surface area contributed by atoms with Crippen LogP contribution in [0.3, 0.4) is 0 Å². The first kappa shape index (κ1) is 11.3. The predicted octanol–water partition coefficient (Wildman–Crippen LogP) is 3.58. The largest absolute Gasteiger partial charge is 0.301 e. The maximum absolute atomic E-state index is 4.00. The first-order chi connectivity index (χ1) is 8.25. The fourth-order valence-corrected chi connectivity index (χ4v) is 1.50. The molecule has 2 nitrogen and oxygen atoms in total. The van der Waals surface area contributed by atoms with Gasteiger partial charge in [0, 0.05) is 0 Å². The molecule has 0 aliphatic carbocycles. The van der Waals surface area contributed by atoms with E-state index in [4.69, 9.17) is 0 Å². The van der Waals surface area contributed by atoms with Gasteiger partial charge in [-0.2, -0.15) is 0 Å². The van der Waals surface area contributed by atoms with Gasteiger partial charge in [-0.15, -0.1) is 0 Å². The summed E-state index contributed by atoms with van der Waals surface area (Å²) in [7, 11) is 0. The summed E-state index contributed by atoms with van der Waals surface area (Å²) in [5, 5.41) is 0. The minimum absolute atomic E-state index is 0.855. The highest BCUT2D eigenvalue weighted by molar-refractivity contribution is 5.63. The van der Waals surface area contributed by atoms with Gasteiger partial charge in [0.25, 0.3) is 0 Å². The Morgan fingerprint density at radius 3 is 2.24 bits per heavy atom. The van der Waals surface area contributed by atoms with Crippen molar-refractivity contribution in [1.29, 1.82) is 0 Å². The average molecular weight is 224 g/mol. The number of hydrazine groups is 1. The van der Waals surface area contributed by atoms with Gasteiger partial charge in [0.15, 0.2) is 0 Å². The highest BCUT2D eigenvalue weighted by Gasteiger charge is 1.97. The van der Waals surface area contributed by atoms with Crippen molar-refractivity contribution in [3.05, 3.63) is 72.3 Å². The van der Waals surface area contributed by atoms with Crippen LogP contribution < -0.4 is 10.9 Å². The van der Waals surface area contributed by atoms with Gasteiger partial charge < -0.3 is 10.9 Å². The molecule has 0 saturated carbocycles. The lowest BCUT2D eigenvalue weighted by Gasteiger charge is -2.12. The molecule has 0 aliphatic heterocycles. The van der Waals surface area contributed by atoms with Gasteiger partial charge in [0.1, 0.15) is 0 Å². The van der Waals surface area contributed by atoms with Crippen LogP contribution in [0, 0.1) is 6.92 Å². The monoisotopic (exact) mass is 224 g/mol. The quantitative estimate of drug-likeness (QED) is 0.776. The first-order valence-corrected chi connectivity index (χ1v) is 5.59. The van der Waals surface area contributed by atoms with E-state index in [1.54, 1.807) is 0 Å². The summed E-state index contributed by atoms with van der Waals surface area (Å²) in [6.07, 6.45) is 0. The van der Waals surface area contributed by atoms with E-state index in [0.717, 1.165) is 16.9 Å². The fraction of sp³-hybridized carbons (Fsp3) is 0.0667. The molecule has 86 valence electrons. The van der Waals surface area contributed by atoms with Crippen LogP contribution in [-0.4, -0.2) is 0 Å². The van der Waals surface area contributed by atoms with Crippen molar-refractivity contribution in [3.63, 3.8) is 0 Å². The molecule has 17 heavy (non-hydrogen) atoms. The molecule has 2 aromatic rings. The van der Waals surface area contributed by atoms with Gasteiger partial charge >= 0.3 is 0 Å². The van der Waals surface area contributed by atoms with Crippen LogP contribution >= 0.6 is 0 Å². The molecule has 0 bridgehead atoms. The number of anilines is 1. The Morgan fingerprint density at radius 2 is 1.59 bits per heavy atom. The molecule has 0 amide bonds. The van der Waals surface area contributed by atoms with Gasteiger partial charge in [0.05, 0.1) is 11.4 Å². The topological polar surface area (TPSA) is 24.1 Å². The molecule has 0 fully saturated rings. The summed E-state index contributed by atoms with van der Waals surface area (Å²) in [5.74, 6) is 0. The highest BCUT2D eigenvalue weighted by atomic mass is 15.4. The zero-order valence-electron chi connectivity index (χ0n) is 9.90. The van der Waals surface area contributed by atoms with Crippen molar-refractivity contribution in [3.8, 4) is 0 Å². The van der Waals surface area contributed by atoms with E-state index < -0.39 is 0 Å². The third-order valence-corrected chi connectivity index (χ3v) is 2.53. The van der Waals surface area contributed by atoms with Crippen molar-refractivity contribution in [1.82, 2.24) is 5.43 Å². The highest BCUT2D eigenvalue weighted by Crippen LogP contribution is 2.11. The van der Waals surface area contributed by atoms with Crippen LogP contribution in [0.4, 0.5) is 5.69 Å². The standard InChI is InChI=1S/C15H16N2/c1-12-8-10-14(11-9-12)13(2)16-17-15-6-4-3-5-7-15/h3-11,16-17H,2H2,1H3. The number of hydrogen-bond donors (Lipinski definition) is 2. The van der Waals surface area contributed by atoms with E-state index in [-0.39, 0.29) is 0 Å². The van der Waals surface area contributed by atoms with E-state index in [1.807, 2.05) is 30.3 Å². The number of benzene rings is 2. The second kappa shape index (κ2) is 5.21. The SMILES string of the molecule is C=C(NNc1ccccc1)c1ccc(C)cc1. The Labute approximate surface area is 102 Å². The van der Waals surface area contributed by atoms with E-state index in [9.17, 15) is 0 Å². The van der Waals surface area contributed by atoms with Crippen LogP contribution in [0.25, 0.3) is 5.70 Å². The van der Waals surface area contributed by atoms with Gasteiger partial charge in [-0.25, -0.2) is 0 Å². The second-order valence-corrected chi connectivity index (χ2v) is 3.96. The summed E-state index contributed by atoms with van der Waals surface area (Å²) >= 11 is 0. The van der Waals surface area contributed by atoms with Crippen LogP contribution in [0.5, 0.6) is 0 Å². The molecule has 0 spiro atoms. The lowest BCUT2D eigenvalue weighted by molar-refractivity contribution is 1.08. The zero-order valence-corrected chi connectivity index (χ0v) is 9.90. The summed E-state index contributed by atoms with van der Waals surface area (Å²) in [4.78, 5) is 0. The molecule has 0 heterocycles. The molecular formula is C15H16N2. The molecule has 0 aromatic heterocycles. The van der Waals surface area contributed by atoms with E-state index in [2.05, 4.69) is 48.6 Å². The molecule has 2 rings (SSSR count). The Balaban J connectivity index is 1.96. The molecule has 0 atom stereocenters. The van der Waals surface area contributed by atoms with Crippen LogP contribution in [0.1, 0.15) is 11.1 Å². The van der Waals surface area contributed by atoms with Gasteiger partial charge in [0.2, 0.25) is 0 Å². The van der Waals surface area contributed by atoms with Crippen LogP contribution in [0.2, 0.25) is 0 Å². The number of para-hydroxylation sites is 1. The smallest absolute Gasteiger partial charge is 0.0540 e. The molecule has 0 aliphatic rings. The van der Waals surface area contributed by atoms with Gasteiger partial charge in [-0.05, 0) is 24.6 Å². The molecular weight excluding hydrogens is 208 g/mol. The van der Waals surface area contributed by atoms with Crippen molar-refractivity contribution < 1.29 is 0 Å². The van der Waals surface area contributed by atoms with Gasteiger partial charge in [-0.1, -0.05) is 54.6 Å². The Kier molecular flexibility index (Phi) is 3.46. The van der Waals surface area contributed by atoms with E-state index in [1.165, 1.54) is 5.56 Å². The lowest BCUT2D eigenvalue weighted by atomic mass is 10.1. The van der Waals surface area contributed by atoms with E-state index >= 15 is 0 Å². The zero-order chi connectivity index (χ0) is 12.1. The third-order valence-electron chi connectivity index (χ3n) is 2.53. The average Bonchev–Trinajstić information content (AvgIpc) is 2.38. The Hall–Kier alpha value is -2.22. The maximum atomic E-state index is 4.00. The van der Waals surface area contributed by atoms with Crippen LogP contribution in [0.15, 0.2) is 61.2 Å². The summed E-state index contributed by atoms with van der Waals surface area (Å²) in [6.45, 7) is 6.07. The summed E-state index contributed by atoms with van der Waals surface area (Å²) in [5.41, 5.74) is 10.4. The number of rotatable bonds is 4. The summed E-state index contributed by atoms with van der Waals surface area (Å²) < 4.78 is 0. The Morgan fingerprint density at radius 1 is 0.941 bits per heavy atom. The van der Waals surface area contributed by atoms with E-state index in [0.29, 0.717) is 0 Å². The van der Waals surface area contributed by atoms with Crippen molar-refractivity contribution in [2.24, 2.45) is 0 Å². The predicted molar refractivity (Wildman–Crippen MR) is 73.4 cm³/mol. The molecule has 2 N–H and O–H groups in total. The molecule has 0 saturated heterocycles. The number of nitrogens with one attached hydrogen (secondary N) is 2. The molecule has 0 unspecified atom stereocenters. The second-order valence-electron chi connectivity index (χ2n) is 3.96. The van der Waals surface area contributed by atoms with Crippen molar-refractivity contribution in [2.45, 2.75) is 6.92 Å².